The van der Waals surface area contributed by atoms with Crippen LogP contribution in [0.1, 0.15) is 33.6 Å². The molecule has 0 saturated heterocycles. The van der Waals surface area contributed by atoms with E-state index >= 15 is 0 Å². The maximum Gasteiger partial charge on any atom is 0.230 e. The maximum atomic E-state index is 11.1. The SMILES string of the molecule is CCCC(C)NC(=O)CSC(C)=O. The molecule has 4 heteroatoms. The van der Waals surface area contributed by atoms with Crippen LogP contribution in [-0.4, -0.2) is 22.8 Å². The highest BCUT2D eigenvalue weighted by Gasteiger charge is 2.07. The molecule has 0 aromatic heterocycles. The Bertz CT molecular complexity index is 182. The Morgan fingerprint density at radius 1 is 1.46 bits per heavy atom. The summed E-state index contributed by atoms with van der Waals surface area (Å²) in [6.07, 6.45) is 2.04. The van der Waals surface area contributed by atoms with Crippen LogP contribution in [0.2, 0.25) is 0 Å². The van der Waals surface area contributed by atoms with Gasteiger partial charge in [0.05, 0.1) is 5.75 Å². The smallest absolute Gasteiger partial charge is 0.230 e. The van der Waals surface area contributed by atoms with Crippen LogP contribution in [-0.2, 0) is 9.59 Å². The van der Waals surface area contributed by atoms with Gasteiger partial charge < -0.3 is 5.32 Å². The summed E-state index contributed by atoms with van der Waals surface area (Å²) in [6, 6.07) is 0.213. The summed E-state index contributed by atoms with van der Waals surface area (Å²) in [7, 11) is 0. The molecule has 3 nitrogen and oxygen atoms in total. The van der Waals surface area contributed by atoms with Gasteiger partial charge in [0.25, 0.3) is 0 Å². The van der Waals surface area contributed by atoms with E-state index in [0.717, 1.165) is 24.6 Å². The molecule has 0 aromatic carbocycles. The molecule has 1 amide bonds. The first-order valence-electron chi connectivity index (χ1n) is 4.49. The van der Waals surface area contributed by atoms with Crippen LogP contribution in [0, 0.1) is 0 Å². The van der Waals surface area contributed by atoms with Crippen molar-refractivity contribution in [1.29, 1.82) is 0 Å². The molecule has 76 valence electrons. The Morgan fingerprint density at radius 3 is 2.54 bits per heavy atom. The van der Waals surface area contributed by atoms with Crippen molar-refractivity contribution in [3.63, 3.8) is 0 Å². The second kappa shape index (κ2) is 6.95. The van der Waals surface area contributed by atoms with E-state index in [-0.39, 0.29) is 22.8 Å². The average Bonchev–Trinajstić information content (AvgIpc) is 2.01. The lowest BCUT2D eigenvalue weighted by Gasteiger charge is -2.11. The van der Waals surface area contributed by atoms with Crippen molar-refractivity contribution in [3.05, 3.63) is 0 Å². The van der Waals surface area contributed by atoms with Gasteiger partial charge in [-0.3, -0.25) is 9.59 Å². The lowest BCUT2D eigenvalue weighted by Crippen LogP contribution is -2.33. The topological polar surface area (TPSA) is 46.2 Å². The van der Waals surface area contributed by atoms with E-state index in [1.807, 2.05) is 6.92 Å². The van der Waals surface area contributed by atoms with Crippen LogP contribution in [0.25, 0.3) is 0 Å². The fraction of sp³-hybridized carbons (Fsp3) is 0.778. The molecule has 0 bridgehead atoms. The zero-order chi connectivity index (χ0) is 10.3. The Kier molecular flexibility index (Phi) is 6.68. The number of rotatable bonds is 5. The average molecular weight is 203 g/mol. The molecule has 0 aromatic rings. The highest BCUT2D eigenvalue weighted by molar-refractivity contribution is 8.14. The summed E-state index contributed by atoms with van der Waals surface area (Å²) in [5.74, 6) is 0.185. The molecule has 0 aliphatic rings. The summed E-state index contributed by atoms with van der Waals surface area (Å²) in [5.41, 5.74) is 0. The first kappa shape index (κ1) is 12.5. The minimum Gasteiger partial charge on any atom is -0.353 e. The van der Waals surface area contributed by atoms with E-state index in [4.69, 9.17) is 0 Å². The first-order chi connectivity index (χ1) is 6.06. The zero-order valence-corrected chi connectivity index (χ0v) is 9.24. The minimum atomic E-state index is -0.0545. The van der Waals surface area contributed by atoms with Crippen molar-refractivity contribution < 1.29 is 9.59 Å². The van der Waals surface area contributed by atoms with Crippen LogP contribution >= 0.6 is 11.8 Å². The number of hydrogen-bond donors (Lipinski definition) is 1. The number of amides is 1. The van der Waals surface area contributed by atoms with E-state index in [1.54, 1.807) is 0 Å². The fourth-order valence-electron chi connectivity index (χ4n) is 0.989. The summed E-state index contributed by atoms with van der Waals surface area (Å²) in [5, 5.41) is 2.81. The fourth-order valence-corrected chi connectivity index (χ4v) is 1.41. The van der Waals surface area contributed by atoms with E-state index in [1.165, 1.54) is 6.92 Å². The van der Waals surface area contributed by atoms with Gasteiger partial charge in [0.15, 0.2) is 5.12 Å². The predicted molar refractivity (Wildman–Crippen MR) is 55.7 cm³/mol. The van der Waals surface area contributed by atoms with Crippen LogP contribution < -0.4 is 5.32 Å². The van der Waals surface area contributed by atoms with Crippen molar-refractivity contribution in [3.8, 4) is 0 Å². The molecule has 0 fully saturated rings. The molecular formula is C9H17NO2S. The molecular weight excluding hydrogens is 186 g/mol. The van der Waals surface area contributed by atoms with Crippen molar-refractivity contribution in [1.82, 2.24) is 5.32 Å². The Balaban J connectivity index is 3.55. The lowest BCUT2D eigenvalue weighted by atomic mass is 10.2. The second-order valence-electron chi connectivity index (χ2n) is 3.04. The van der Waals surface area contributed by atoms with Crippen LogP contribution in [0.5, 0.6) is 0 Å². The highest BCUT2D eigenvalue weighted by atomic mass is 32.2. The molecule has 0 heterocycles. The molecule has 0 spiro atoms. The Hall–Kier alpha value is -0.510. The third-order valence-electron chi connectivity index (χ3n) is 1.54. The third-order valence-corrected chi connectivity index (χ3v) is 2.35. The van der Waals surface area contributed by atoms with Crippen LogP contribution in [0.4, 0.5) is 0 Å². The van der Waals surface area contributed by atoms with Crippen molar-refractivity contribution in [2.24, 2.45) is 0 Å². The van der Waals surface area contributed by atoms with Gasteiger partial charge in [-0.1, -0.05) is 25.1 Å². The zero-order valence-electron chi connectivity index (χ0n) is 8.42. The Labute approximate surface area is 83.7 Å². The molecule has 0 radical (unpaired) electrons. The van der Waals surface area contributed by atoms with Crippen LogP contribution in [0.15, 0.2) is 0 Å². The van der Waals surface area contributed by atoms with Gasteiger partial charge in [-0.25, -0.2) is 0 Å². The van der Waals surface area contributed by atoms with E-state index in [9.17, 15) is 9.59 Å². The molecule has 0 rings (SSSR count). The molecule has 0 saturated carbocycles. The normalized spacial score (nSPS) is 12.2. The van der Waals surface area contributed by atoms with Crippen molar-refractivity contribution in [2.75, 3.05) is 5.75 Å². The number of hydrogen-bond acceptors (Lipinski definition) is 3. The molecule has 0 aliphatic carbocycles. The second-order valence-corrected chi connectivity index (χ2v) is 4.19. The van der Waals surface area contributed by atoms with Gasteiger partial charge in [-0.05, 0) is 13.3 Å². The number of nitrogens with one attached hydrogen (secondary N) is 1. The summed E-state index contributed by atoms with van der Waals surface area (Å²) in [6.45, 7) is 5.51. The maximum absolute atomic E-state index is 11.1. The first-order valence-corrected chi connectivity index (χ1v) is 5.47. The monoisotopic (exact) mass is 203 g/mol. The summed E-state index contributed by atoms with van der Waals surface area (Å²) in [4.78, 5) is 21.7. The minimum absolute atomic E-state index is 0.0155. The van der Waals surface area contributed by atoms with Gasteiger partial charge in [0.1, 0.15) is 0 Å². The van der Waals surface area contributed by atoms with Gasteiger partial charge in [0.2, 0.25) is 5.91 Å². The van der Waals surface area contributed by atoms with E-state index in [0.29, 0.717) is 0 Å². The van der Waals surface area contributed by atoms with Gasteiger partial charge in [-0.2, -0.15) is 0 Å². The van der Waals surface area contributed by atoms with E-state index < -0.39 is 0 Å². The standard InChI is InChI=1S/C9H17NO2S/c1-4-5-7(2)10-9(12)6-13-8(3)11/h7H,4-6H2,1-3H3,(H,10,12). The Morgan fingerprint density at radius 2 is 2.08 bits per heavy atom. The summed E-state index contributed by atoms with van der Waals surface area (Å²) < 4.78 is 0. The largest absolute Gasteiger partial charge is 0.353 e. The third kappa shape index (κ3) is 7.84. The van der Waals surface area contributed by atoms with Crippen LogP contribution in [0.3, 0.4) is 0 Å². The molecule has 13 heavy (non-hydrogen) atoms. The lowest BCUT2D eigenvalue weighted by molar-refractivity contribution is -0.119. The van der Waals surface area contributed by atoms with Gasteiger partial charge in [0, 0.05) is 13.0 Å². The molecule has 0 aliphatic heterocycles. The highest BCUT2D eigenvalue weighted by Crippen LogP contribution is 2.01. The summed E-state index contributed by atoms with van der Waals surface area (Å²) >= 11 is 1.05. The molecule has 1 atom stereocenters. The number of carbonyl (C=O) groups is 2. The van der Waals surface area contributed by atoms with E-state index in [2.05, 4.69) is 12.2 Å². The van der Waals surface area contributed by atoms with Gasteiger partial charge in [-0.15, -0.1) is 0 Å². The molecule has 1 unspecified atom stereocenters. The van der Waals surface area contributed by atoms with Crippen molar-refractivity contribution >= 4 is 22.8 Å². The quantitative estimate of drug-likeness (QED) is 0.737. The number of carbonyl (C=O) groups excluding carboxylic acids is 2. The van der Waals surface area contributed by atoms with Crippen molar-refractivity contribution in [2.45, 2.75) is 39.7 Å². The number of thioether (sulfide) groups is 1. The predicted octanol–water partition coefficient (Wildman–Crippen LogP) is 1.57. The van der Waals surface area contributed by atoms with Gasteiger partial charge >= 0.3 is 0 Å². The molecule has 1 N–H and O–H groups in total.